The maximum Gasteiger partial charge on any atom is 0.228 e. The summed E-state index contributed by atoms with van der Waals surface area (Å²) in [5, 5.41) is 2.95. The largest absolute Gasteiger partial charge is 0.496 e. The Hall–Kier alpha value is -3.91. The summed E-state index contributed by atoms with van der Waals surface area (Å²) in [6, 6.07) is 13.4. The number of aromatic nitrogens is 3. The van der Waals surface area contributed by atoms with Crippen LogP contribution >= 0.6 is 0 Å². The summed E-state index contributed by atoms with van der Waals surface area (Å²) in [4.78, 5) is 21.1. The van der Waals surface area contributed by atoms with Gasteiger partial charge in [0.2, 0.25) is 5.91 Å². The number of carbonyl (C=O) groups excluding carboxylic acids is 1. The van der Waals surface area contributed by atoms with Crippen LogP contribution in [0.15, 0.2) is 48.8 Å². The Morgan fingerprint density at radius 1 is 1.19 bits per heavy atom. The van der Waals surface area contributed by atoms with Crippen molar-refractivity contribution in [2.75, 3.05) is 18.2 Å². The highest BCUT2D eigenvalue weighted by Crippen LogP contribution is 2.35. The van der Waals surface area contributed by atoms with E-state index in [0.717, 1.165) is 44.9 Å². The van der Waals surface area contributed by atoms with Crippen LogP contribution < -0.4 is 15.8 Å². The van der Waals surface area contributed by atoms with Gasteiger partial charge in [0.05, 0.1) is 32.4 Å². The van der Waals surface area contributed by atoms with Gasteiger partial charge in [-0.2, -0.15) is 0 Å². The molecule has 0 spiro atoms. The Morgan fingerprint density at radius 3 is 2.78 bits per heavy atom. The molecule has 1 aliphatic rings. The number of nitrogens with two attached hydrogens (primary N) is 1. The van der Waals surface area contributed by atoms with Gasteiger partial charge in [0.25, 0.3) is 0 Å². The molecule has 0 aliphatic carbocycles. The molecule has 8 nitrogen and oxygen atoms in total. The first-order valence-corrected chi connectivity index (χ1v) is 10.3. The Kier molecular flexibility index (Phi) is 4.99. The number of nitrogens with zero attached hydrogens (tertiary/aromatic N) is 3. The summed E-state index contributed by atoms with van der Waals surface area (Å²) >= 11 is 0. The number of amides is 1. The third-order valence-electron chi connectivity index (χ3n) is 5.71. The standard InChI is InChI=1S/C24H23N5O3/c1-14-3-4-15(9-20(14)31-2)10-21(30)28-16-5-7-17(8-6-16)29-19-12-32-11-18(19)22-23(29)24(25)27-13-26-22/h3-9,13H,10-12H2,1-2H3,(H,28,30)(H2,25,26,27). The molecular weight excluding hydrogens is 406 g/mol. The van der Waals surface area contributed by atoms with E-state index < -0.39 is 0 Å². The molecule has 0 fully saturated rings. The Morgan fingerprint density at radius 2 is 2.00 bits per heavy atom. The van der Waals surface area contributed by atoms with Crippen LogP contribution in [0, 0.1) is 6.92 Å². The lowest BCUT2D eigenvalue weighted by atomic mass is 10.1. The maximum absolute atomic E-state index is 12.5. The van der Waals surface area contributed by atoms with Crippen molar-refractivity contribution in [1.82, 2.24) is 14.5 Å². The number of anilines is 2. The van der Waals surface area contributed by atoms with Crippen molar-refractivity contribution >= 4 is 28.4 Å². The number of hydrogen-bond donors (Lipinski definition) is 2. The summed E-state index contributed by atoms with van der Waals surface area (Å²) < 4.78 is 13.0. The average Bonchev–Trinajstić information content (AvgIpc) is 3.38. The van der Waals surface area contributed by atoms with E-state index >= 15 is 0 Å². The number of fused-ring (bicyclic) bond motifs is 3. The zero-order chi connectivity index (χ0) is 22.2. The number of carbonyl (C=O) groups is 1. The monoisotopic (exact) mass is 429 g/mol. The lowest BCUT2D eigenvalue weighted by Gasteiger charge is -2.12. The molecule has 8 heteroatoms. The minimum atomic E-state index is -0.0954. The second-order valence-corrected chi connectivity index (χ2v) is 7.79. The number of methoxy groups -OCH3 is 1. The van der Waals surface area contributed by atoms with Gasteiger partial charge in [0.15, 0.2) is 5.82 Å². The molecular formula is C24H23N5O3. The molecule has 3 N–H and O–H groups in total. The quantitative estimate of drug-likeness (QED) is 0.503. The third kappa shape index (κ3) is 3.44. The van der Waals surface area contributed by atoms with Gasteiger partial charge in [-0.25, -0.2) is 9.97 Å². The second-order valence-electron chi connectivity index (χ2n) is 7.79. The molecule has 2 aromatic carbocycles. The van der Waals surface area contributed by atoms with Crippen LogP contribution in [0.3, 0.4) is 0 Å². The van der Waals surface area contributed by atoms with Gasteiger partial charge in [-0.1, -0.05) is 12.1 Å². The minimum Gasteiger partial charge on any atom is -0.496 e. The van der Waals surface area contributed by atoms with Gasteiger partial charge in [0, 0.05) is 16.9 Å². The number of hydrogen-bond acceptors (Lipinski definition) is 6. The van der Waals surface area contributed by atoms with Crippen molar-refractivity contribution in [3.8, 4) is 11.4 Å². The number of nitrogens with one attached hydrogen (secondary N) is 1. The summed E-state index contributed by atoms with van der Waals surface area (Å²) in [7, 11) is 1.63. The van der Waals surface area contributed by atoms with Crippen LogP contribution in [-0.2, 0) is 29.2 Å². The fourth-order valence-electron chi connectivity index (χ4n) is 4.14. The molecule has 162 valence electrons. The van der Waals surface area contributed by atoms with E-state index in [1.165, 1.54) is 6.33 Å². The van der Waals surface area contributed by atoms with Crippen LogP contribution in [0.4, 0.5) is 11.5 Å². The van der Waals surface area contributed by atoms with Crippen molar-refractivity contribution < 1.29 is 14.3 Å². The van der Waals surface area contributed by atoms with Crippen molar-refractivity contribution in [3.05, 3.63) is 71.2 Å². The number of benzene rings is 2. The smallest absolute Gasteiger partial charge is 0.228 e. The van der Waals surface area contributed by atoms with Crippen molar-refractivity contribution in [3.63, 3.8) is 0 Å². The highest BCUT2D eigenvalue weighted by Gasteiger charge is 2.25. The predicted octanol–water partition coefficient (Wildman–Crippen LogP) is 3.53. The Labute approximate surface area is 185 Å². The van der Waals surface area contributed by atoms with Crippen LogP contribution in [-0.4, -0.2) is 27.6 Å². The molecule has 0 saturated heterocycles. The van der Waals surface area contributed by atoms with Gasteiger partial charge in [-0.05, 0) is 48.4 Å². The van der Waals surface area contributed by atoms with Crippen molar-refractivity contribution in [2.45, 2.75) is 26.6 Å². The van der Waals surface area contributed by atoms with E-state index in [0.29, 0.717) is 24.7 Å². The van der Waals surface area contributed by atoms with Gasteiger partial charge in [-0.3, -0.25) is 4.79 Å². The molecule has 0 unspecified atom stereocenters. The summed E-state index contributed by atoms with van der Waals surface area (Å²) in [6.07, 6.45) is 1.74. The van der Waals surface area contributed by atoms with E-state index in [9.17, 15) is 4.79 Å². The van der Waals surface area contributed by atoms with E-state index in [1.807, 2.05) is 54.0 Å². The van der Waals surface area contributed by atoms with Gasteiger partial charge >= 0.3 is 0 Å². The zero-order valence-corrected chi connectivity index (χ0v) is 17.9. The zero-order valence-electron chi connectivity index (χ0n) is 17.9. The molecule has 1 amide bonds. The van der Waals surface area contributed by atoms with Gasteiger partial charge < -0.3 is 25.1 Å². The molecule has 4 aromatic rings. The van der Waals surface area contributed by atoms with Crippen LogP contribution in [0.25, 0.3) is 16.7 Å². The van der Waals surface area contributed by atoms with E-state index in [2.05, 4.69) is 15.3 Å². The van der Waals surface area contributed by atoms with Crippen LogP contribution in [0.5, 0.6) is 5.75 Å². The lowest BCUT2D eigenvalue weighted by molar-refractivity contribution is -0.115. The first-order valence-electron chi connectivity index (χ1n) is 10.3. The first-order chi connectivity index (χ1) is 15.5. The highest BCUT2D eigenvalue weighted by atomic mass is 16.5. The molecule has 2 aromatic heterocycles. The number of nitrogen functional groups attached to an aromatic ring is 1. The van der Waals surface area contributed by atoms with E-state index in [1.54, 1.807) is 7.11 Å². The molecule has 32 heavy (non-hydrogen) atoms. The Bertz CT molecular complexity index is 1330. The SMILES string of the molecule is COc1cc(CC(=O)Nc2ccc(-n3c4c(c5ncnc(N)c53)COC4)cc2)ccc1C. The van der Waals surface area contributed by atoms with Crippen molar-refractivity contribution in [2.24, 2.45) is 0 Å². The van der Waals surface area contributed by atoms with Crippen molar-refractivity contribution in [1.29, 1.82) is 0 Å². The lowest BCUT2D eigenvalue weighted by Crippen LogP contribution is -2.14. The second kappa shape index (κ2) is 7.97. The van der Waals surface area contributed by atoms with Crippen LogP contribution in [0.2, 0.25) is 0 Å². The summed E-state index contributed by atoms with van der Waals surface area (Å²) in [5.74, 6) is 1.11. The topological polar surface area (TPSA) is 104 Å². The minimum absolute atomic E-state index is 0.0954. The molecule has 0 atom stereocenters. The fraction of sp³-hybridized carbons (Fsp3) is 0.208. The highest BCUT2D eigenvalue weighted by molar-refractivity contribution is 5.93. The number of aryl methyl sites for hydroxylation is 1. The average molecular weight is 429 g/mol. The molecule has 0 radical (unpaired) electrons. The Balaban J connectivity index is 1.38. The molecule has 1 aliphatic heterocycles. The van der Waals surface area contributed by atoms with Crippen LogP contribution in [0.1, 0.15) is 22.4 Å². The molecule has 0 bridgehead atoms. The first kappa shape index (κ1) is 20.0. The van der Waals surface area contributed by atoms with Gasteiger partial charge in [0.1, 0.15) is 23.1 Å². The van der Waals surface area contributed by atoms with Gasteiger partial charge in [-0.15, -0.1) is 0 Å². The normalized spacial score (nSPS) is 12.7. The molecule has 5 rings (SSSR count). The number of rotatable bonds is 5. The third-order valence-corrected chi connectivity index (χ3v) is 5.71. The number of ether oxygens (including phenoxy) is 2. The molecule has 0 saturated carbocycles. The predicted molar refractivity (Wildman–Crippen MR) is 122 cm³/mol. The summed E-state index contributed by atoms with van der Waals surface area (Å²) in [5.41, 5.74) is 13.4. The fourth-order valence-corrected chi connectivity index (χ4v) is 4.14. The van der Waals surface area contributed by atoms with E-state index in [4.69, 9.17) is 15.2 Å². The summed E-state index contributed by atoms with van der Waals surface area (Å²) in [6.45, 7) is 2.97. The maximum atomic E-state index is 12.5. The molecule has 3 heterocycles. The van der Waals surface area contributed by atoms with E-state index in [-0.39, 0.29) is 12.3 Å².